The zero-order chi connectivity index (χ0) is 31.5. The minimum absolute atomic E-state index is 0.0741. The molecule has 4 atom stereocenters. The molecule has 0 bridgehead atoms. The molecule has 0 saturated carbocycles. The number of aliphatic imine (C=N–C) groups is 1. The first-order valence-electron chi connectivity index (χ1n) is 12.1. The van der Waals surface area contributed by atoms with Crippen molar-refractivity contribution in [2.24, 2.45) is 22.2 Å². The van der Waals surface area contributed by atoms with Gasteiger partial charge in [-0.2, -0.15) is 0 Å². The maximum Gasteiger partial charge on any atom is 0.326 e. The summed E-state index contributed by atoms with van der Waals surface area (Å²) < 4.78 is 0. The number of carbonyl (C=O) groups excluding carboxylic acids is 5. The highest BCUT2D eigenvalue weighted by Gasteiger charge is 2.31. The van der Waals surface area contributed by atoms with E-state index in [1.54, 1.807) is 0 Å². The molecule has 0 aliphatic heterocycles. The lowest BCUT2D eigenvalue weighted by atomic mass is 10.1. The molecular formula is C21H37N9O11. The zero-order valence-electron chi connectivity index (χ0n) is 22.0. The van der Waals surface area contributed by atoms with E-state index in [-0.39, 0.29) is 25.3 Å². The third kappa shape index (κ3) is 15.6. The van der Waals surface area contributed by atoms with Gasteiger partial charge in [-0.05, 0) is 19.3 Å². The first kappa shape index (κ1) is 36.4. The maximum atomic E-state index is 12.8. The molecule has 15 N–H and O–H groups in total. The fourth-order valence-electron chi connectivity index (χ4n) is 3.00. The van der Waals surface area contributed by atoms with Crippen molar-refractivity contribution in [1.82, 2.24) is 26.6 Å². The number of nitrogens with zero attached hydrogens (tertiary/aromatic N) is 1. The molecule has 20 nitrogen and oxygen atoms in total. The Hall–Kier alpha value is -4.56. The molecule has 41 heavy (non-hydrogen) atoms. The molecule has 0 aromatic heterocycles. The smallest absolute Gasteiger partial charge is 0.326 e. The van der Waals surface area contributed by atoms with Gasteiger partial charge in [-0.15, -0.1) is 0 Å². The number of amides is 5. The van der Waals surface area contributed by atoms with E-state index < -0.39 is 105 Å². The van der Waals surface area contributed by atoms with Gasteiger partial charge in [-0.1, -0.05) is 0 Å². The van der Waals surface area contributed by atoms with Crippen LogP contribution in [-0.4, -0.2) is 125 Å². The minimum Gasteiger partial charge on any atom is -0.481 e. The lowest BCUT2D eigenvalue weighted by Crippen LogP contribution is -2.59. The van der Waals surface area contributed by atoms with Crippen molar-refractivity contribution in [3.8, 4) is 0 Å². The van der Waals surface area contributed by atoms with Gasteiger partial charge in [0, 0.05) is 13.0 Å². The van der Waals surface area contributed by atoms with Crippen LogP contribution in [0.3, 0.4) is 0 Å². The fraction of sp³-hybridized carbons (Fsp3) is 0.619. The Bertz CT molecular complexity index is 973. The van der Waals surface area contributed by atoms with E-state index in [0.717, 1.165) is 0 Å². The third-order valence-corrected chi connectivity index (χ3v) is 5.12. The molecular weight excluding hydrogens is 554 g/mol. The molecule has 0 heterocycles. The number of aliphatic hydroxyl groups is 2. The van der Waals surface area contributed by atoms with Crippen molar-refractivity contribution in [3.63, 3.8) is 0 Å². The molecule has 0 fully saturated rings. The number of aliphatic carboxylic acids is 2. The van der Waals surface area contributed by atoms with Crippen LogP contribution >= 0.6 is 0 Å². The van der Waals surface area contributed by atoms with Crippen LogP contribution in [-0.2, 0) is 33.6 Å². The molecule has 0 saturated heterocycles. The Labute approximate surface area is 233 Å². The second kappa shape index (κ2) is 19.5. The average Bonchev–Trinajstić information content (AvgIpc) is 2.91. The standard InChI is InChI=1S/C21H37N9O11/c22-6-14(33)26-7-15(34)27-12(8-31)18(38)28-10(3-4-16(35)36)17(37)30-13(9-32)19(39)29-11(20(40)41)2-1-5-25-21(23)24/h10-13,31-32H,1-9,22H2,(H,26,33)(H,27,34)(H,28,38)(H,29,39)(H,30,37)(H,35,36)(H,40,41)(H4,23,24,25)/t10-,11-,12-,13-/m0/s1. The van der Waals surface area contributed by atoms with Crippen molar-refractivity contribution >= 4 is 47.4 Å². The van der Waals surface area contributed by atoms with Crippen LogP contribution in [0.5, 0.6) is 0 Å². The van der Waals surface area contributed by atoms with E-state index in [9.17, 15) is 48.9 Å². The summed E-state index contributed by atoms with van der Waals surface area (Å²) in [5, 5.41) is 48.1. The monoisotopic (exact) mass is 591 g/mol. The summed E-state index contributed by atoms with van der Waals surface area (Å²) in [4.78, 5) is 87.3. The zero-order valence-corrected chi connectivity index (χ0v) is 22.0. The van der Waals surface area contributed by atoms with Crippen molar-refractivity contribution in [1.29, 1.82) is 0 Å². The highest BCUT2D eigenvalue weighted by atomic mass is 16.4. The van der Waals surface area contributed by atoms with Crippen LogP contribution in [0, 0.1) is 0 Å². The van der Waals surface area contributed by atoms with Crippen LogP contribution < -0.4 is 43.8 Å². The first-order valence-corrected chi connectivity index (χ1v) is 12.1. The first-order chi connectivity index (χ1) is 19.2. The number of nitrogens with one attached hydrogen (secondary N) is 5. The second-order valence-electron chi connectivity index (χ2n) is 8.37. The molecule has 0 radical (unpaired) electrons. The normalized spacial score (nSPS) is 13.3. The van der Waals surface area contributed by atoms with Crippen LogP contribution in [0.1, 0.15) is 25.7 Å². The third-order valence-electron chi connectivity index (χ3n) is 5.12. The fourth-order valence-corrected chi connectivity index (χ4v) is 3.00. The van der Waals surface area contributed by atoms with E-state index >= 15 is 0 Å². The number of hydrogen-bond donors (Lipinski definition) is 12. The number of nitrogens with two attached hydrogens (primary N) is 3. The van der Waals surface area contributed by atoms with Gasteiger partial charge in [-0.3, -0.25) is 33.8 Å². The molecule has 0 aromatic rings. The lowest BCUT2D eigenvalue weighted by molar-refractivity contribution is -0.142. The van der Waals surface area contributed by atoms with Gasteiger partial charge in [-0.25, -0.2) is 4.79 Å². The number of guanidine groups is 1. The van der Waals surface area contributed by atoms with Crippen molar-refractivity contribution in [3.05, 3.63) is 0 Å². The summed E-state index contributed by atoms with van der Waals surface area (Å²) >= 11 is 0. The van der Waals surface area contributed by atoms with Crippen LogP contribution in [0.2, 0.25) is 0 Å². The minimum atomic E-state index is -1.70. The van der Waals surface area contributed by atoms with E-state index in [2.05, 4.69) is 31.6 Å². The summed E-state index contributed by atoms with van der Waals surface area (Å²) in [7, 11) is 0. The van der Waals surface area contributed by atoms with Crippen molar-refractivity contribution in [2.45, 2.75) is 49.9 Å². The molecule has 20 heteroatoms. The van der Waals surface area contributed by atoms with E-state index in [1.807, 2.05) is 0 Å². The van der Waals surface area contributed by atoms with Gasteiger partial charge in [0.1, 0.15) is 24.2 Å². The number of rotatable bonds is 20. The molecule has 0 rings (SSSR count). The van der Waals surface area contributed by atoms with E-state index in [0.29, 0.717) is 0 Å². The van der Waals surface area contributed by atoms with Crippen molar-refractivity contribution < 1.29 is 54.0 Å². The highest BCUT2D eigenvalue weighted by Crippen LogP contribution is 2.03. The summed E-state index contributed by atoms with van der Waals surface area (Å²) in [5.74, 6) is -7.89. The van der Waals surface area contributed by atoms with Crippen LogP contribution in [0.4, 0.5) is 0 Å². The van der Waals surface area contributed by atoms with Gasteiger partial charge in [0.2, 0.25) is 29.5 Å². The van der Waals surface area contributed by atoms with Crippen LogP contribution in [0.15, 0.2) is 4.99 Å². The Balaban J connectivity index is 5.42. The average molecular weight is 592 g/mol. The quantitative estimate of drug-likeness (QED) is 0.0355. The van der Waals surface area contributed by atoms with E-state index in [1.165, 1.54) is 0 Å². The second-order valence-corrected chi connectivity index (χ2v) is 8.37. The van der Waals surface area contributed by atoms with E-state index in [4.69, 9.17) is 22.3 Å². The number of aliphatic hydroxyl groups excluding tert-OH is 2. The summed E-state index contributed by atoms with van der Waals surface area (Å²) in [6.07, 6.45) is -1.08. The lowest BCUT2D eigenvalue weighted by Gasteiger charge is -2.24. The number of carbonyl (C=O) groups is 7. The summed E-state index contributed by atoms with van der Waals surface area (Å²) in [5.41, 5.74) is 15.5. The molecule has 0 aliphatic rings. The Kier molecular flexibility index (Phi) is 17.3. The Morgan fingerprint density at radius 1 is 0.707 bits per heavy atom. The number of carboxylic acid groups (broad SMARTS) is 2. The molecule has 0 spiro atoms. The van der Waals surface area contributed by atoms with Gasteiger partial charge >= 0.3 is 11.9 Å². The summed E-state index contributed by atoms with van der Waals surface area (Å²) in [6, 6.07) is -6.39. The van der Waals surface area contributed by atoms with Crippen LogP contribution in [0.25, 0.3) is 0 Å². The topological polar surface area (TPSA) is 351 Å². The number of hydrogen-bond acceptors (Lipinski definition) is 11. The van der Waals surface area contributed by atoms with Gasteiger partial charge in [0.25, 0.3) is 0 Å². The Morgan fingerprint density at radius 3 is 1.71 bits per heavy atom. The predicted molar refractivity (Wildman–Crippen MR) is 138 cm³/mol. The van der Waals surface area contributed by atoms with Gasteiger partial charge in [0.15, 0.2) is 5.96 Å². The van der Waals surface area contributed by atoms with Gasteiger partial charge in [0.05, 0.1) is 26.3 Å². The number of carboxylic acids is 2. The highest BCUT2D eigenvalue weighted by molar-refractivity contribution is 5.95. The molecule has 0 aromatic carbocycles. The maximum absolute atomic E-state index is 12.8. The van der Waals surface area contributed by atoms with Gasteiger partial charge < -0.3 is 64.2 Å². The Morgan fingerprint density at radius 2 is 1.22 bits per heavy atom. The SMILES string of the molecule is NCC(=O)NCC(=O)N[C@@H](CO)C(=O)N[C@@H](CCC(=O)O)C(=O)N[C@@H](CO)C(=O)N[C@@H](CCCN=C(N)N)C(=O)O. The molecule has 232 valence electrons. The molecule has 5 amide bonds. The molecule has 0 aliphatic carbocycles. The summed E-state index contributed by atoms with van der Waals surface area (Å²) in [6.45, 7) is -2.86. The molecule has 0 unspecified atom stereocenters. The largest absolute Gasteiger partial charge is 0.481 e. The van der Waals surface area contributed by atoms with Crippen molar-refractivity contribution in [2.75, 3.05) is 32.8 Å². The predicted octanol–water partition coefficient (Wildman–Crippen LogP) is -7.01.